The molecule has 0 saturated carbocycles. The third-order valence-corrected chi connectivity index (χ3v) is 5.47. The van der Waals surface area contributed by atoms with Crippen LogP contribution < -0.4 is 0 Å². The van der Waals surface area contributed by atoms with Crippen molar-refractivity contribution in [2.45, 2.75) is 25.4 Å². The van der Waals surface area contributed by atoms with Gasteiger partial charge in [0.25, 0.3) is 5.91 Å². The Kier molecular flexibility index (Phi) is 5.85. The van der Waals surface area contributed by atoms with Crippen molar-refractivity contribution in [3.8, 4) is 5.75 Å². The Bertz CT molecular complexity index is 1120. The fourth-order valence-electron chi connectivity index (χ4n) is 3.96. The number of hydrogen-bond donors (Lipinski definition) is 2. The summed E-state index contributed by atoms with van der Waals surface area (Å²) < 4.78 is 0. The predicted octanol–water partition coefficient (Wildman–Crippen LogP) is 4.49. The number of benzene rings is 3. The number of phenols is 1. The van der Waals surface area contributed by atoms with E-state index in [4.69, 9.17) is 0 Å². The zero-order chi connectivity index (χ0) is 21.8. The lowest BCUT2D eigenvalue weighted by Crippen LogP contribution is -2.30. The topological polar surface area (TPSA) is 77.8 Å². The van der Waals surface area contributed by atoms with E-state index in [1.807, 2.05) is 60.7 Å². The largest absolute Gasteiger partial charge is 0.508 e. The van der Waals surface area contributed by atoms with Crippen molar-refractivity contribution in [2.24, 2.45) is 0 Å². The first-order valence-electron chi connectivity index (χ1n) is 10.2. The van der Waals surface area contributed by atoms with Gasteiger partial charge >= 0.3 is 0 Å². The molecule has 0 saturated heterocycles. The molecular formula is C26H23NO4. The van der Waals surface area contributed by atoms with Gasteiger partial charge in [-0.15, -0.1) is 0 Å². The summed E-state index contributed by atoms with van der Waals surface area (Å²) in [6.45, 7) is 0.236. The molecule has 1 atom stereocenters. The van der Waals surface area contributed by atoms with Gasteiger partial charge in [0, 0.05) is 13.0 Å². The summed E-state index contributed by atoms with van der Waals surface area (Å²) in [6, 6.07) is 24.7. The fourth-order valence-corrected chi connectivity index (χ4v) is 3.96. The van der Waals surface area contributed by atoms with Gasteiger partial charge in [-0.2, -0.15) is 0 Å². The Morgan fingerprint density at radius 2 is 1.48 bits per heavy atom. The van der Waals surface area contributed by atoms with E-state index >= 15 is 0 Å². The van der Waals surface area contributed by atoms with Gasteiger partial charge in [0.2, 0.25) is 0 Å². The van der Waals surface area contributed by atoms with Crippen molar-refractivity contribution >= 4 is 11.7 Å². The van der Waals surface area contributed by atoms with Gasteiger partial charge < -0.3 is 15.1 Å². The number of aromatic hydroxyl groups is 1. The van der Waals surface area contributed by atoms with Crippen LogP contribution in [-0.2, 0) is 22.6 Å². The molecule has 156 valence electrons. The van der Waals surface area contributed by atoms with Crippen LogP contribution >= 0.6 is 0 Å². The van der Waals surface area contributed by atoms with Crippen LogP contribution in [0.15, 0.2) is 96.3 Å². The van der Waals surface area contributed by atoms with Crippen molar-refractivity contribution in [2.75, 3.05) is 0 Å². The summed E-state index contributed by atoms with van der Waals surface area (Å²) in [5, 5.41) is 20.7. The third-order valence-electron chi connectivity index (χ3n) is 5.47. The molecule has 1 aliphatic rings. The average Bonchev–Trinajstić information content (AvgIpc) is 3.04. The van der Waals surface area contributed by atoms with E-state index in [1.54, 1.807) is 12.1 Å². The van der Waals surface area contributed by atoms with Crippen molar-refractivity contribution in [3.05, 3.63) is 113 Å². The van der Waals surface area contributed by atoms with E-state index in [9.17, 15) is 19.8 Å². The lowest BCUT2D eigenvalue weighted by Gasteiger charge is -2.27. The van der Waals surface area contributed by atoms with Crippen LogP contribution in [0.5, 0.6) is 5.75 Å². The fraction of sp³-hybridized carbons (Fsp3) is 0.154. The summed E-state index contributed by atoms with van der Waals surface area (Å²) in [5.74, 6) is -1.34. The number of phenolic OH excluding ortho intramolecular Hbond substituents is 1. The molecule has 1 aliphatic heterocycles. The molecule has 0 aliphatic carbocycles. The lowest BCUT2D eigenvalue weighted by atomic mass is 9.93. The number of hydrogen-bond acceptors (Lipinski definition) is 4. The summed E-state index contributed by atoms with van der Waals surface area (Å²) in [4.78, 5) is 27.6. The van der Waals surface area contributed by atoms with Crippen molar-refractivity contribution in [3.63, 3.8) is 0 Å². The molecule has 1 unspecified atom stereocenters. The molecule has 2 N–H and O–H groups in total. The summed E-state index contributed by atoms with van der Waals surface area (Å²) >= 11 is 0. The molecule has 3 aromatic rings. The van der Waals surface area contributed by atoms with Crippen LogP contribution in [0, 0.1) is 0 Å². The molecule has 1 amide bonds. The molecule has 3 aromatic carbocycles. The second-order valence-corrected chi connectivity index (χ2v) is 7.59. The Morgan fingerprint density at radius 3 is 2.13 bits per heavy atom. The Hall–Kier alpha value is -3.86. The van der Waals surface area contributed by atoms with E-state index in [-0.39, 0.29) is 30.1 Å². The zero-order valence-electron chi connectivity index (χ0n) is 16.9. The Morgan fingerprint density at radius 1 is 0.839 bits per heavy atom. The minimum Gasteiger partial charge on any atom is -0.508 e. The van der Waals surface area contributed by atoms with Crippen molar-refractivity contribution < 1.29 is 19.8 Å². The van der Waals surface area contributed by atoms with E-state index in [0.29, 0.717) is 12.0 Å². The van der Waals surface area contributed by atoms with Gasteiger partial charge in [-0.3, -0.25) is 9.59 Å². The first-order valence-corrected chi connectivity index (χ1v) is 10.2. The molecule has 4 rings (SSSR count). The Labute approximate surface area is 180 Å². The number of Topliss-reactive ketones (excluding diaryl/α,β-unsaturated/α-hetero) is 1. The molecule has 31 heavy (non-hydrogen) atoms. The van der Waals surface area contributed by atoms with Gasteiger partial charge in [-0.1, -0.05) is 72.8 Å². The van der Waals surface area contributed by atoms with Gasteiger partial charge in [0.1, 0.15) is 5.75 Å². The SMILES string of the molecule is O=C(CCc1ccccc1)C1=C(O)C(=O)N(Cc2ccccc2)C1c1cccc(O)c1. The van der Waals surface area contributed by atoms with E-state index in [2.05, 4.69) is 0 Å². The minimum atomic E-state index is -0.761. The van der Waals surface area contributed by atoms with Gasteiger partial charge in [0.15, 0.2) is 11.5 Å². The number of amides is 1. The summed E-state index contributed by atoms with van der Waals surface area (Å²) in [6.07, 6.45) is 0.682. The molecule has 0 bridgehead atoms. The maximum atomic E-state index is 13.2. The number of aliphatic hydroxyl groups is 1. The molecule has 0 aromatic heterocycles. The molecule has 1 heterocycles. The Balaban J connectivity index is 1.67. The van der Waals surface area contributed by atoms with Crippen molar-refractivity contribution in [1.82, 2.24) is 4.90 Å². The minimum absolute atomic E-state index is 0.0343. The zero-order valence-corrected chi connectivity index (χ0v) is 16.9. The van der Waals surface area contributed by atoms with E-state index < -0.39 is 17.7 Å². The number of aryl methyl sites for hydroxylation is 1. The average molecular weight is 413 g/mol. The monoisotopic (exact) mass is 413 g/mol. The second-order valence-electron chi connectivity index (χ2n) is 7.59. The number of aliphatic hydroxyl groups excluding tert-OH is 1. The van der Waals surface area contributed by atoms with Gasteiger partial charge in [-0.05, 0) is 35.2 Å². The van der Waals surface area contributed by atoms with E-state index in [1.165, 1.54) is 17.0 Å². The standard InChI is InChI=1S/C26H23NO4/c28-21-13-7-12-20(16-21)24-23(22(29)15-14-18-8-3-1-4-9-18)25(30)26(31)27(24)17-19-10-5-2-6-11-19/h1-13,16,24,28,30H,14-15,17H2. The number of carbonyl (C=O) groups is 2. The van der Waals surface area contributed by atoms with Crippen LogP contribution in [0.25, 0.3) is 0 Å². The third kappa shape index (κ3) is 4.36. The molecule has 0 fully saturated rings. The first kappa shape index (κ1) is 20.4. The summed E-state index contributed by atoms with van der Waals surface area (Å²) in [5.41, 5.74) is 2.56. The number of rotatable bonds is 7. The highest BCUT2D eigenvalue weighted by molar-refractivity contribution is 6.09. The number of carbonyl (C=O) groups excluding carboxylic acids is 2. The predicted molar refractivity (Wildman–Crippen MR) is 117 cm³/mol. The molecule has 5 nitrogen and oxygen atoms in total. The van der Waals surface area contributed by atoms with Crippen LogP contribution in [0.2, 0.25) is 0 Å². The highest BCUT2D eigenvalue weighted by atomic mass is 16.3. The second kappa shape index (κ2) is 8.88. The van der Waals surface area contributed by atoms with Crippen LogP contribution in [-0.4, -0.2) is 26.8 Å². The number of nitrogens with zero attached hydrogens (tertiary/aromatic N) is 1. The highest BCUT2D eigenvalue weighted by Gasteiger charge is 2.43. The lowest BCUT2D eigenvalue weighted by molar-refractivity contribution is -0.130. The smallest absolute Gasteiger partial charge is 0.290 e. The van der Waals surface area contributed by atoms with E-state index in [0.717, 1.165) is 11.1 Å². The molecule has 0 spiro atoms. The molecule has 0 radical (unpaired) electrons. The van der Waals surface area contributed by atoms with Crippen LogP contribution in [0.3, 0.4) is 0 Å². The maximum Gasteiger partial charge on any atom is 0.290 e. The van der Waals surface area contributed by atoms with Gasteiger partial charge in [-0.25, -0.2) is 0 Å². The van der Waals surface area contributed by atoms with Crippen molar-refractivity contribution in [1.29, 1.82) is 0 Å². The molecular weight excluding hydrogens is 390 g/mol. The van der Waals surface area contributed by atoms with Crippen LogP contribution in [0.1, 0.15) is 29.2 Å². The van der Waals surface area contributed by atoms with Gasteiger partial charge in [0.05, 0.1) is 11.6 Å². The quantitative estimate of drug-likeness (QED) is 0.598. The number of ketones is 1. The highest BCUT2D eigenvalue weighted by Crippen LogP contribution is 2.40. The molecule has 5 heteroatoms. The maximum absolute atomic E-state index is 13.2. The van der Waals surface area contributed by atoms with Crippen LogP contribution in [0.4, 0.5) is 0 Å². The normalized spacial score (nSPS) is 16.1. The first-order chi connectivity index (χ1) is 15.0. The summed E-state index contributed by atoms with van der Waals surface area (Å²) in [7, 11) is 0.